The predicted molar refractivity (Wildman–Crippen MR) is 44.5 cm³/mol. The van der Waals surface area contributed by atoms with E-state index < -0.39 is 0 Å². The molecule has 62 valence electrons. The van der Waals surface area contributed by atoms with Crippen molar-refractivity contribution in [3.8, 4) is 0 Å². The van der Waals surface area contributed by atoms with Crippen LogP contribution in [0.4, 0.5) is 0 Å². The molecular weight excluding hydrogens is 150 g/mol. The van der Waals surface area contributed by atoms with E-state index in [4.69, 9.17) is 5.11 Å². The summed E-state index contributed by atoms with van der Waals surface area (Å²) in [7, 11) is 0. The van der Waals surface area contributed by atoms with E-state index in [1.165, 1.54) is 0 Å². The molecule has 0 aromatic carbocycles. The second kappa shape index (κ2) is 3.56. The molecule has 10 heavy (non-hydrogen) atoms. The van der Waals surface area contributed by atoms with Gasteiger partial charge in [0, 0.05) is 12.6 Å². The Kier molecular flexibility index (Phi) is 3.63. The number of nitrogens with one attached hydrogen (secondary N) is 1. The normalized spacial score (nSPS) is 29.7. The molecule has 1 saturated heterocycles. The summed E-state index contributed by atoms with van der Waals surface area (Å²) in [4.78, 5) is 0. The average molecular weight is 166 g/mol. The van der Waals surface area contributed by atoms with Crippen LogP contribution in [0.15, 0.2) is 0 Å². The van der Waals surface area contributed by atoms with Crippen molar-refractivity contribution < 1.29 is 5.11 Å². The van der Waals surface area contributed by atoms with Crippen LogP contribution in [0.3, 0.4) is 0 Å². The third-order valence-corrected chi connectivity index (χ3v) is 1.89. The highest BCUT2D eigenvalue weighted by Gasteiger charge is 2.29. The van der Waals surface area contributed by atoms with E-state index in [0.717, 1.165) is 13.0 Å². The van der Waals surface area contributed by atoms with Gasteiger partial charge in [-0.15, -0.1) is 12.4 Å². The molecular formula is C7H16ClNO. The number of rotatable bonds is 1. The molecule has 0 aromatic rings. The number of hydrogen-bond donors (Lipinski definition) is 2. The Labute approximate surface area is 68.4 Å². The standard InChI is InChI=1S/C7H15NO.ClH/c1-7(2)3-6(4-9)8-5-7;/h6,8-9H,3-5H2,1-2H3;1H. The Morgan fingerprint density at radius 3 is 2.40 bits per heavy atom. The van der Waals surface area contributed by atoms with Crippen molar-refractivity contribution in [2.45, 2.75) is 26.3 Å². The average Bonchev–Trinajstić information content (AvgIpc) is 2.10. The second-order valence-electron chi connectivity index (χ2n) is 3.63. The Bertz CT molecular complexity index is 106. The van der Waals surface area contributed by atoms with Gasteiger partial charge in [-0.25, -0.2) is 0 Å². The summed E-state index contributed by atoms with van der Waals surface area (Å²) in [6, 6.07) is 0.347. The molecule has 2 nitrogen and oxygen atoms in total. The number of aliphatic hydroxyl groups excluding tert-OH is 1. The van der Waals surface area contributed by atoms with E-state index in [0.29, 0.717) is 11.5 Å². The van der Waals surface area contributed by atoms with Crippen LogP contribution in [-0.4, -0.2) is 24.3 Å². The van der Waals surface area contributed by atoms with Gasteiger partial charge in [0.1, 0.15) is 0 Å². The van der Waals surface area contributed by atoms with E-state index in [-0.39, 0.29) is 19.0 Å². The van der Waals surface area contributed by atoms with E-state index in [1.54, 1.807) is 0 Å². The van der Waals surface area contributed by atoms with Gasteiger partial charge in [-0.2, -0.15) is 0 Å². The van der Waals surface area contributed by atoms with Gasteiger partial charge in [-0.05, 0) is 11.8 Å². The van der Waals surface area contributed by atoms with E-state index >= 15 is 0 Å². The molecule has 0 bridgehead atoms. The zero-order valence-electron chi connectivity index (χ0n) is 6.55. The molecule has 0 aromatic heterocycles. The summed E-state index contributed by atoms with van der Waals surface area (Å²) in [6.45, 7) is 5.76. The SMILES string of the molecule is CC1(C)CNC(CO)C1.Cl. The summed E-state index contributed by atoms with van der Waals surface area (Å²) in [6.07, 6.45) is 1.10. The largest absolute Gasteiger partial charge is 0.395 e. The molecule has 1 unspecified atom stereocenters. The molecule has 1 aliphatic heterocycles. The molecule has 0 spiro atoms. The second-order valence-corrected chi connectivity index (χ2v) is 3.63. The molecule has 1 atom stereocenters. The molecule has 0 amide bonds. The summed E-state index contributed by atoms with van der Waals surface area (Å²) >= 11 is 0. The third-order valence-electron chi connectivity index (χ3n) is 1.89. The Hall–Kier alpha value is 0.210. The molecule has 0 aliphatic carbocycles. The molecule has 1 rings (SSSR count). The predicted octanol–water partition coefficient (Wildman–Crippen LogP) is 0.789. The van der Waals surface area contributed by atoms with Crippen LogP contribution in [-0.2, 0) is 0 Å². The van der Waals surface area contributed by atoms with Crippen LogP contribution in [0.5, 0.6) is 0 Å². The molecule has 0 radical (unpaired) electrons. The monoisotopic (exact) mass is 165 g/mol. The zero-order chi connectivity index (χ0) is 6.91. The van der Waals surface area contributed by atoms with Crippen molar-refractivity contribution >= 4 is 12.4 Å². The van der Waals surface area contributed by atoms with Crippen LogP contribution in [0, 0.1) is 5.41 Å². The van der Waals surface area contributed by atoms with Crippen molar-refractivity contribution in [3.05, 3.63) is 0 Å². The molecule has 1 fully saturated rings. The van der Waals surface area contributed by atoms with E-state index in [2.05, 4.69) is 19.2 Å². The summed E-state index contributed by atoms with van der Waals surface area (Å²) in [5.74, 6) is 0. The quantitative estimate of drug-likeness (QED) is 0.602. The summed E-state index contributed by atoms with van der Waals surface area (Å²) in [5, 5.41) is 12.0. The lowest BCUT2D eigenvalue weighted by atomic mass is 9.91. The van der Waals surface area contributed by atoms with Crippen LogP contribution in [0.25, 0.3) is 0 Å². The number of halogens is 1. The van der Waals surface area contributed by atoms with Crippen LogP contribution in [0.2, 0.25) is 0 Å². The molecule has 2 N–H and O–H groups in total. The maximum atomic E-state index is 8.74. The highest BCUT2D eigenvalue weighted by atomic mass is 35.5. The van der Waals surface area contributed by atoms with Crippen molar-refractivity contribution in [1.82, 2.24) is 5.32 Å². The zero-order valence-corrected chi connectivity index (χ0v) is 7.37. The first-order chi connectivity index (χ1) is 4.14. The van der Waals surface area contributed by atoms with E-state index in [9.17, 15) is 0 Å². The number of aliphatic hydroxyl groups is 1. The highest BCUT2D eigenvalue weighted by Crippen LogP contribution is 2.26. The topological polar surface area (TPSA) is 32.3 Å². The van der Waals surface area contributed by atoms with Crippen LogP contribution < -0.4 is 5.32 Å². The van der Waals surface area contributed by atoms with Gasteiger partial charge in [0.2, 0.25) is 0 Å². The van der Waals surface area contributed by atoms with Gasteiger partial charge in [0.25, 0.3) is 0 Å². The van der Waals surface area contributed by atoms with Crippen LogP contribution in [0.1, 0.15) is 20.3 Å². The first-order valence-electron chi connectivity index (χ1n) is 3.48. The van der Waals surface area contributed by atoms with Crippen molar-refractivity contribution in [2.75, 3.05) is 13.2 Å². The maximum absolute atomic E-state index is 8.74. The van der Waals surface area contributed by atoms with Gasteiger partial charge in [0.15, 0.2) is 0 Å². The minimum atomic E-state index is 0. The Morgan fingerprint density at radius 2 is 2.20 bits per heavy atom. The first-order valence-corrected chi connectivity index (χ1v) is 3.48. The van der Waals surface area contributed by atoms with Crippen molar-refractivity contribution in [2.24, 2.45) is 5.41 Å². The Balaban J connectivity index is 0.000000810. The lowest BCUT2D eigenvalue weighted by molar-refractivity contribution is 0.247. The van der Waals surface area contributed by atoms with Gasteiger partial charge in [-0.3, -0.25) is 0 Å². The summed E-state index contributed by atoms with van der Waals surface area (Å²) in [5.41, 5.74) is 0.396. The smallest absolute Gasteiger partial charge is 0.0584 e. The highest BCUT2D eigenvalue weighted by molar-refractivity contribution is 5.85. The first kappa shape index (κ1) is 10.2. The number of hydrogen-bond acceptors (Lipinski definition) is 2. The van der Waals surface area contributed by atoms with Crippen molar-refractivity contribution in [3.63, 3.8) is 0 Å². The fraction of sp³-hybridized carbons (Fsp3) is 1.00. The lowest BCUT2D eigenvalue weighted by Gasteiger charge is -2.14. The molecule has 3 heteroatoms. The summed E-state index contributed by atoms with van der Waals surface area (Å²) < 4.78 is 0. The third kappa shape index (κ3) is 2.45. The minimum Gasteiger partial charge on any atom is -0.395 e. The molecule has 1 aliphatic rings. The van der Waals surface area contributed by atoms with E-state index in [1.807, 2.05) is 0 Å². The van der Waals surface area contributed by atoms with Crippen LogP contribution >= 0.6 is 12.4 Å². The lowest BCUT2D eigenvalue weighted by Crippen LogP contribution is -2.24. The van der Waals surface area contributed by atoms with Gasteiger partial charge < -0.3 is 10.4 Å². The van der Waals surface area contributed by atoms with Gasteiger partial charge in [-0.1, -0.05) is 13.8 Å². The Morgan fingerprint density at radius 1 is 1.60 bits per heavy atom. The van der Waals surface area contributed by atoms with Crippen molar-refractivity contribution in [1.29, 1.82) is 0 Å². The molecule has 1 heterocycles. The maximum Gasteiger partial charge on any atom is 0.0584 e. The van der Waals surface area contributed by atoms with Gasteiger partial charge in [0.05, 0.1) is 6.61 Å². The molecule has 0 saturated carbocycles. The fourth-order valence-corrected chi connectivity index (χ4v) is 1.36. The minimum absolute atomic E-state index is 0. The fourth-order valence-electron chi connectivity index (χ4n) is 1.36. The van der Waals surface area contributed by atoms with Gasteiger partial charge >= 0.3 is 0 Å².